The van der Waals surface area contributed by atoms with Crippen molar-refractivity contribution in [1.29, 1.82) is 0 Å². The molecule has 1 aromatic heterocycles. The van der Waals surface area contributed by atoms with Crippen molar-refractivity contribution in [2.75, 3.05) is 53.0 Å². The van der Waals surface area contributed by atoms with E-state index in [-0.39, 0.29) is 5.91 Å². The van der Waals surface area contributed by atoms with Crippen molar-refractivity contribution < 1.29 is 9.53 Å². The summed E-state index contributed by atoms with van der Waals surface area (Å²) in [6.45, 7) is 6.05. The van der Waals surface area contributed by atoms with Crippen LogP contribution in [-0.2, 0) is 16.1 Å². The number of ether oxygens (including phenoxy) is 1. The molecule has 1 aromatic rings. The first-order chi connectivity index (χ1) is 11.2. The van der Waals surface area contributed by atoms with E-state index in [0.717, 1.165) is 58.2 Å². The molecule has 7 heteroatoms. The van der Waals surface area contributed by atoms with Gasteiger partial charge in [0, 0.05) is 44.6 Å². The zero-order chi connectivity index (χ0) is 16.1. The van der Waals surface area contributed by atoms with E-state index in [1.807, 2.05) is 11.0 Å². The van der Waals surface area contributed by atoms with Crippen molar-refractivity contribution in [3.8, 4) is 0 Å². The van der Waals surface area contributed by atoms with Gasteiger partial charge in [0.15, 0.2) is 0 Å². The molecule has 0 bridgehead atoms. The highest BCUT2D eigenvalue weighted by Crippen LogP contribution is 2.16. The van der Waals surface area contributed by atoms with E-state index in [2.05, 4.69) is 26.8 Å². The Morgan fingerprint density at radius 1 is 1.30 bits per heavy atom. The summed E-state index contributed by atoms with van der Waals surface area (Å²) >= 11 is 0. The van der Waals surface area contributed by atoms with Crippen LogP contribution in [0.1, 0.15) is 12.2 Å². The molecule has 0 saturated carbocycles. The van der Waals surface area contributed by atoms with Crippen molar-refractivity contribution in [2.24, 2.45) is 0 Å². The standard InChI is InChI=1S/C16H25N5O2/c1-19(12-15-17-4-2-5-18-15)14-3-6-21(11-14)16(22)13-20-7-9-23-10-8-20/h2,4-5,14H,3,6-13H2,1H3. The van der Waals surface area contributed by atoms with Gasteiger partial charge in [-0.3, -0.25) is 14.6 Å². The van der Waals surface area contributed by atoms with Crippen molar-refractivity contribution in [3.05, 3.63) is 24.3 Å². The average Bonchev–Trinajstić information content (AvgIpc) is 3.07. The van der Waals surface area contributed by atoms with Crippen molar-refractivity contribution in [2.45, 2.75) is 19.0 Å². The summed E-state index contributed by atoms with van der Waals surface area (Å²) in [5.74, 6) is 1.06. The quantitative estimate of drug-likeness (QED) is 0.752. The smallest absolute Gasteiger partial charge is 0.236 e. The minimum atomic E-state index is 0.235. The van der Waals surface area contributed by atoms with Gasteiger partial charge in [-0.25, -0.2) is 9.97 Å². The van der Waals surface area contributed by atoms with Crippen LogP contribution in [0.15, 0.2) is 18.5 Å². The first-order valence-corrected chi connectivity index (χ1v) is 8.26. The molecule has 3 rings (SSSR count). The van der Waals surface area contributed by atoms with Gasteiger partial charge in [0.25, 0.3) is 0 Å². The number of nitrogens with zero attached hydrogens (tertiary/aromatic N) is 5. The maximum absolute atomic E-state index is 12.4. The number of rotatable bonds is 5. The number of hydrogen-bond donors (Lipinski definition) is 0. The highest BCUT2D eigenvalue weighted by molar-refractivity contribution is 5.78. The largest absolute Gasteiger partial charge is 0.379 e. The molecule has 0 aliphatic carbocycles. The number of carbonyl (C=O) groups excluding carboxylic acids is 1. The number of aromatic nitrogens is 2. The number of likely N-dealkylation sites (tertiary alicyclic amines) is 1. The second-order valence-electron chi connectivity index (χ2n) is 6.25. The Labute approximate surface area is 137 Å². The fraction of sp³-hybridized carbons (Fsp3) is 0.688. The average molecular weight is 319 g/mol. The van der Waals surface area contributed by atoms with Crippen LogP contribution in [-0.4, -0.2) is 89.6 Å². The minimum Gasteiger partial charge on any atom is -0.379 e. The predicted octanol–water partition coefficient (Wildman–Crippen LogP) is -0.158. The molecule has 2 saturated heterocycles. The van der Waals surface area contributed by atoms with Crippen LogP contribution < -0.4 is 0 Å². The Hall–Kier alpha value is -1.57. The van der Waals surface area contributed by atoms with E-state index in [9.17, 15) is 4.79 Å². The van der Waals surface area contributed by atoms with E-state index >= 15 is 0 Å². The van der Waals surface area contributed by atoms with E-state index in [4.69, 9.17) is 4.74 Å². The van der Waals surface area contributed by atoms with Crippen molar-refractivity contribution in [1.82, 2.24) is 24.7 Å². The summed E-state index contributed by atoms with van der Waals surface area (Å²) < 4.78 is 5.33. The van der Waals surface area contributed by atoms with Gasteiger partial charge in [0.2, 0.25) is 5.91 Å². The van der Waals surface area contributed by atoms with Gasteiger partial charge in [-0.2, -0.15) is 0 Å². The zero-order valence-electron chi connectivity index (χ0n) is 13.7. The van der Waals surface area contributed by atoms with Gasteiger partial charge in [-0.1, -0.05) is 0 Å². The Bertz CT molecular complexity index is 506. The minimum absolute atomic E-state index is 0.235. The molecule has 126 valence electrons. The summed E-state index contributed by atoms with van der Waals surface area (Å²) in [6, 6.07) is 2.21. The lowest BCUT2D eigenvalue weighted by Crippen LogP contribution is -2.45. The van der Waals surface area contributed by atoms with Crippen molar-refractivity contribution in [3.63, 3.8) is 0 Å². The first-order valence-electron chi connectivity index (χ1n) is 8.26. The fourth-order valence-electron chi connectivity index (χ4n) is 3.14. The lowest BCUT2D eigenvalue weighted by Gasteiger charge is -2.28. The van der Waals surface area contributed by atoms with Crippen LogP contribution in [0.4, 0.5) is 0 Å². The topological polar surface area (TPSA) is 61.8 Å². The Morgan fingerprint density at radius 2 is 2.04 bits per heavy atom. The SMILES string of the molecule is CN(Cc1ncccn1)C1CCN(C(=O)CN2CCOCC2)C1. The van der Waals surface area contributed by atoms with Crippen molar-refractivity contribution >= 4 is 5.91 Å². The summed E-state index contributed by atoms with van der Waals surface area (Å²) in [6.07, 6.45) is 4.55. The molecule has 7 nitrogen and oxygen atoms in total. The number of carbonyl (C=O) groups is 1. The Morgan fingerprint density at radius 3 is 2.78 bits per heavy atom. The predicted molar refractivity (Wildman–Crippen MR) is 85.7 cm³/mol. The summed E-state index contributed by atoms with van der Waals surface area (Å²) in [5.41, 5.74) is 0. The van der Waals surface area contributed by atoms with Crippen LogP contribution >= 0.6 is 0 Å². The van der Waals surface area contributed by atoms with Gasteiger partial charge in [-0.05, 0) is 19.5 Å². The molecule has 0 aromatic carbocycles. The summed E-state index contributed by atoms with van der Waals surface area (Å²) in [4.78, 5) is 27.4. The molecule has 1 amide bonds. The molecular formula is C16H25N5O2. The van der Waals surface area contributed by atoms with E-state index in [1.54, 1.807) is 12.4 Å². The molecule has 0 spiro atoms. The number of amides is 1. The number of hydrogen-bond acceptors (Lipinski definition) is 6. The van der Waals surface area contributed by atoms with Gasteiger partial charge >= 0.3 is 0 Å². The van der Waals surface area contributed by atoms with E-state index < -0.39 is 0 Å². The normalized spacial score (nSPS) is 22.7. The molecule has 0 N–H and O–H groups in total. The summed E-state index contributed by atoms with van der Waals surface area (Å²) in [7, 11) is 2.08. The van der Waals surface area contributed by atoms with Gasteiger partial charge in [-0.15, -0.1) is 0 Å². The molecular weight excluding hydrogens is 294 g/mol. The van der Waals surface area contributed by atoms with Gasteiger partial charge in [0.1, 0.15) is 5.82 Å². The lowest BCUT2D eigenvalue weighted by molar-refractivity contribution is -0.132. The van der Waals surface area contributed by atoms with Gasteiger partial charge in [0.05, 0.1) is 26.3 Å². The number of morpholine rings is 1. The Kier molecular flexibility index (Phi) is 5.53. The molecule has 0 radical (unpaired) electrons. The van der Waals surface area contributed by atoms with E-state index in [0.29, 0.717) is 12.6 Å². The molecule has 3 heterocycles. The summed E-state index contributed by atoms with van der Waals surface area (Å²) in [5, 5.41) is 0. The van der Waals surface area contributed by atoms with Crippen LogP contribution in [0.25, 0.3) is 0 Å². The lowest BCUT2D eigenvalue weighted by atomic mass is 10.2. The molecule has 2 aliphatic heterocycles. The third kappa shape index (κ3) is 4.46. The maximum atomic E-state index is 12.4. The molecule has 1 atom stereocenters. The van der Waals surface area contributed by atoms with Crippen LogP contribution in [0.5, 0.6) is 0 Å². The monoisotopic (exact) mass is 319 g/mol. The molecule has 1 unspecified atom stereocenters. The van der Waals surface area contributed by atoms with E-state index in [1.165, 1.54) is 0 Å². The molecule has 2 aliphatic rings. The van der Waals surface area contributed by atoms with Gasteiger partial charge < -0.3 is 9.64 Å². The molecule has 23 heavy (non-hydrogen) atoms. The van der Waals surface area contributed by atoms with Crippen LogP contribution in [0, 0.1) is 0 Å². The third-order valence-electron chi connectivity index (χ3n) is 4.61. The highest BCUT2D eigenvalue weighted by atomic mass is 16.5. The van der Waals surface area contributed by atoms with Crippen LogP contribution in [0.3, 0.4) is 0 Å². The number of likely N-dealkylation sites (N-methyl/N-ethyl adjacent to an activating group) is 1. The third-order valence-corrected chi connectivity index (χ3v) is 4.61. The fourth-order valence-corrected chi connectivity index (χ4v) is 3.14. The first kappa shape index (κ1) is 16.3. The maximum Gasteiger partial charge on any atom is 0.236 e. The highest BCUT2D eigenvalue weighted by Gasteiger charge is 2.30. The second kappa shape index (κ2) is 7.81. The van der Waals surface area contributed by atoms with Crippen LogP contribution in [0.2, 0.25) is 0 Å². The molecule has 2 fully saturated rings. The zero-order valence-corrected chi connectivity index (χ0v) is 13.7. The Balaban J connectivity index is 1.46. The second-order valence-corrected chi connectivity index (χ2v) is 6.25.